The Morgan fingerprint density at radius 3 is 2.69 bits per heavy atom. The number of nitrogens with one attached hydrogen (secondary N) is 1. The molecule has 0 aromatic carbocycles. The molecule has 1 aliphatic carbocycles. The van der Waals surface area contributed by atoms with Crippen LogP contribution in [0.5, 0.6) is 0 Å². The van der Waals surface area contributed by atoms with Crippen molar-refractivity contribution in [1.82, 2.24) is 5.32 Å². The summed E-state index contributed by atoms with van der Waals surface area (Å²) in [5, 5.41) is 3.52. The lowest BCUT2D eigenvalue weighted by Gasteiger charge is -2.10. The standard InChI is InChI=1S/C11H24N2/c1-10(11-5-6-11)9-13-8-4-2-3-7-12/h10-11,13H,2-9,12H2,1H3. The molecule has 1 aliphatic rings. The molecule has 3 N–H and O–H groups in total. The fraction of sp³-hybridized carbons (Fsp3) is 1.00. The molecule has 1 fully saturated rings. The van der Waals surface area contributed by atoms with Gasteiger partial charge in [0, 0.05) is 0 Å². The molecule has 78 valence electrons. The van der Waals surface area contributed by atoms with Crippen molar-refractivity contribution in [3.63, 3.8) is 0 Å². The minimum atomic E-state index is 0.846. The molecule has 0 radical (unpaired) electrons. The number of hydrogen-bond acceptors (Lipinski definition) is 2. The van der Waals surface area contributed by atoms with Crippen molar-refractivity contribution < 1.29 is 0 Å². The quantitative estimate of drug-likeness (QED) is 0.564. The Bertz CT molecular complexity index is 121. The van der Waals surface area contributed by atoms with Gasteiger partial charge in [-0.2, -0.15) is 0 Å². The molecule has 0 saturated heterocycles. The molecule has 0 aromatic rings. The van der Waals surface area contributed by atoms with Crippen LogP contribution in [0.25, 0.3) is 0 Å². The number of unbranched alkanes of at least 4 members (excludes halogenated alkanes) is 2. The molecule has 0 spiro atoms. The van der Waals surface area contributed by atoms with Crippen LogP contribution in [-0.2, 0) is 0 Å². The number of rotatable bonds is 8. The zero-order valence-electron chi connectivity index (χ0n) is 8.89. The predicted molar refractivity (Wildman–Crippen MR) is 57.7 cm³/mol. The van der Waals surface area contributed by atoms with Crippen LogP contribution in [0.15, 0.2) is 0 Å². The van der Waals surface area contributed by atoms with Crippen LogP contribution >= 0.6 is 0 Å². The lowest BCUT2D eigenvalue weighted by molar-refractivity contribution is 0.456. The molecule has 0 aliphatic heterocycles. The molecule has 0 bridgehead atoms. The molecule has 2 heteroatoms. The molecule has 1 rings (SSSR count). The third-order valence-electron chi connectivity index (χ3n) is 2.95. The van der Waals surface area contributed by atoms with Gasteiger partial charge in [-0.1, -0.05) is 13.3 Å². The summed E-state index contributed by atoms with van der Waals surface area (Å²) in [6.07, 6.45) is 6.68. The molecule has 1 atom stereocenters. The molecular weight excluding hydrogens is 160 g/mol. The fourth-order valence-corrected chi connectivity index (χ4v) is 1.73. The van der Waals surface area contributed by atoms with Crippen molar-refractivity contribution in [2.45, 2.75) is 39.0 Å². The monoisotopic (exact) mass is 184 g/mol. The summed E-state index contributed by atoms with van der Waals surface area (Å²) in [4.78, 5) is 0. The minimum absolute atomic E-state index is 0.846. The smallest absolute Gasteiger partial charge is 0.00205 e. The first kappa shape index (κ1) is 11.0. The van der Waals surface area contributed by atoms with Gasteiger partial charge < -0.3 is 11.1 Å². The second-order valence-electron chi connectivity index (χ2n) is 4.37. The number of nitrogens with two attached hydrogens (primary N) is 1. The van der Waals surface area contributed by atoms with E-state index in [1.165, 1.54) is 45.2 Å². The average Bonchev–Trinajstić information content (AvgIpc) is 2.93. The van der Waals surface area contributed by atoms with Crippen molar-refractivity contribution in [3.05, 3.63) is 0 Å². The lowest BCUT2D eigenvalue weighted by atomic mass is 10.1. The van der Waals surface area contributed by atoms with Gasteiger partial charge in [0.2, 0.25) is 0 Å². The van der Waals surface area contributed by atoms with E-state index >= 15 is 0 Å². The largest absolute Gasteiger partial charge is 0.330 e. The van der Waals surface area contributed by atoms with Gasteiger partial charge in [-0.3, -0.25) is 0 Å². The van der Waals surface area contributed by atoms with E-state index in [1.807, 2.05) is 0 Å². The Kier molecular flexibility index (Phi) is 5.40. The van der Waals surface area contributed by atoms with E-state index in [9.17, 15) is 0 Å². The first-order valence-corrected chi connectivity index (χ1v) is 5.75. The van der Waals surface area contributed by atoms with Gasteiger partial charge in [0.1, 0.15) is 0 Å². The fourth-order valence-electron chi connectivity index (χ4n) is 1.73. The average molecular weight is 184 g/mol. The van der Waals surface area contributed by atoms with E-state index in [0.29, 0.717) is 0 Å². The summed E-state index contributed by atoms with van der Waals surface area (Å²) in [6.45, 7) is 5.60. The summed E-state index contributed by atoms with van der Waals surface area (Å²) in [5.41, 5.74) is 5.42. The highest BCUT2D eigenvalue weighted by molar-refractivity contribution is 4.79. The van der Waals surface area contributed by atoms with Crippen LogP contribution in [0.4, 0.5) is 0 Å². The highest BCUT2D eigenvalue weighted by Crippen LogP contribution is 2.35. The van der Waals surface area contributed by atoms with E-state index in [4.69, 9.17) is 5.73 Å². The summed E-state index contributed by atoms with van der Waals surface area (Å²) in [7, 11) is 0. The van der Waals surface area contributed by atoms with Gasteiger partial charge in [0.15, 0.2) is 0 Å². The van der Waals surface area contributed by atoms with Crippen molar-refractivity contribution in [1.29, 1.82) is 0 Å². The van der Waals surface area contributed by atoms with Crippen LogP contribution in [0.1, 0.15) is 39.0 Å². The first-order valence-electron chi connectivity index (χ1n) is 5.75. The summed E-state index contributed by atoms with van der Waals surface area (Å²) in [5.74, 6) is 1.94. The van der Waals surface area contributed by atoms with Gasteiger partial charge in [0.25, 0.3) is 0 Å². The van der Waals surface area contributed by atoms with E-state index in [1.54, 1.807) is 0 Å². The third-order valence-corrected chi connectivity index (χ3v) is 2.95. The van der Waals surface area contributed by atoms with Crippen molar-refractivity contribution in [2.75, 3.05) is 19.6 Å². The predicted octanol–water partition coefficient (Wildman–Crippen LogP) is 1.75. The maximum Gasteiger partial charge on any atom is -0.00205 e. The Balaban J connectivity index is 1.77. The highest BCUT2D eigenvalue weighted by atomic mass is 14.9. The first-order chi connectivity index (χ1) is 6.34. The summed E-state index contributed by atoms with van der Waals surface area (Å²) in [6, 6.07) is 0. The van der Waals surface area contributed by atoms with Gasteiger partial charge in [-0.25, -0.2) is 0 Å². The van der Waals surface area contributed by atoms with Gasteiger partial charge in [-0.05, 0) is 57.2 Å². The third kappa shape index (κ3) is 5.27. The maximum absolute atomic E-state index is 5.42. The molecule has 13 heavy (non-hydrogen) atoms. The van der Waals surface area contributed by atoms with Crippen molar-refractivity contribution >= 4 is 0 Å². The van der Waals surface area contributed by atoms with E-state index < -0.39 is 0 Å². The topological polar surface area (TPSA) is 38.0 Å². The van der Waals surface area contributed by atoms with Crippen LogP contribution in [0.2, 0.25) is 0 Å². The molecule has 0 aromatic heterocycles. The van der Waals surface area contributed by atoms with Gasteiger partial charge >= 0.3 is 0 Å². The highest BCUT2D eigenvalue weighted by Gasteiger charge is 2.27. The van der Waals surface area contributed by atoms with E-state index in [0.717, 1.165) is 18.4 Å². The van der Waals surface area contributed by atoms with E-state index in [2.05, 4.69) is 12.2 Å². The maximum atomic E-state index is 5.42. The van der Waals surface area contributed by atoms with Crippen molar-refractivity contribution in [3.8, 4) is 0 Å². The zero-order valence-corrected chi connectivity index (χ0v) is 8.89. The second kappa shape index (κ2) is 6.39. The molecule has 1 saturated carbocycles. The minimum Gasteiger partial charge on any atom is -0.330 e. The van der Waals surface area contributed by atoms with Crippen LogP contribution in [0, 0.1) is 11.8 Å². The Hall–Kier alpha value is -0.0800. The molecule has 0 amide bonds. The summed E-state index contributed by atoms with van der Waals surface area (Å²) >= 11 is 0. The van der Waals surface area contributed by atoms with Crippen molar-refractivity contribution in [2.24, 2.45) is 17.6 Å². The Labute approximate surface area is 82.3 Å². The van der Waals surface area contributed by atoms with E-state index in [-0.39, 0.29) is 0 Å². The number of hydrogen-bond donors (Lipinski definition) is 2. The molecule has 0 heterocycles. The summed E-state index contributed by atoms with van der Waals surface area (Å²) < 4.78 is 0. The van der Waals surface area contributed by atoms with Crippen LogP contribution in [0.3, 0.4) is 0 Å². The SMILES string of the molecule is CC(CNCCCCCN)C1CC1. The van der Waals surface area contributed by atoms with Gasteiger partial charge in [-0.15, -0.1) is 0 Å². The van der Waals surface area contributed by atoms with Crippen LogP contribution in [-0.4, -0.2) is 19.6 Å². The molecular formula is C11H24N2. The lowest BCUT2D eigenvalue weighted by Crippen LogP contribution is -2.23. The Morgan fingerprint density at radius 2 is 2.08 bits per heavy atom. The Morgan fingerprint density at radius 1 is 1.31 bits per heavy atom. The zero-order chi connectivity index (χ0) is 9.52. The molecule has 1 unspecified atom stereocenters. The van der Waals surface area contributed by atoms with Gasteiger partial charge in [0.05, 0.1) is 0 Å². The second-order valence-corrected chi connectivity index (χ2v) is 4.37. The van der Waals surface area contributed by atoms with Crippen LogP contribution < -0.4 is 11.1 Å². The molecule has 2 nitrogen and oxygen atoms in total. The normalized spacial score (nSPS) is 18.9.